The minimum Gasteiger partial charge on any atom is -0.444 e. The van der Waals surface area contributed by atoms with E-state index in [1.54, 1.807) is 0 Å². The molecular weight excluding hydrogens is 570 g/mol. The molecule has 0 bridgehead atoms. The van der Waals surface area contributed by atoms with Crippen LogP contribution in [0.2, 0.25) is 0 Å². The SMILES string of the molecule is CC(C)(C)CCC(C)(C)C(=O)NC(C)(C)CCOC(C)(C)CCNC(=O)CCC(C)(C)OCCC(C)(C)NC(=O)OC(C)(C)C. The van der Waals surface area contributed by atoms with Crippen LogP contribution < -0.4 is 16.0 Å². The van der Waals surface area contributed by atoms with E-state index in [9.17, 15) is 14.4 Å². The first-order chi connectivity index (χ1) is 20.0. The third-order valence-electron chi connectivity index (χ3n) is 7.85. The molecule has 9 nitrogen and oxygen atoms in total. The fraction of sp³-hybridized carbons (Fsp3) is 0.917. The van der Waals surface area contributed by atoms with Gasteiger partial charge >= 0.3 is 6.09 Å². The average Bonchev–Trinajstić information content (AvgIpc) is 2.78. The Hall–Kier alpha value is -1.87. The molecule has 0 aliphatic carbocycles. The highest BCUT2D eigenvalue weighted by Crippen LogP contribution is 2.31. The highest BCUT2D eigenvalue weighted by atomic mass is 16.6. The summed E-state index contributed by atoms with van der Waals surface area (Å²) >= 11 is 0. The van der Waals surface area contributed by atoms with Crippen molar-refractivity contribution in [2.24, 2.45) is 10.8 Å². The largest absolute Gasteiger partial charge is 0.444 e. The normalized spacial score (nSPS) is 13.8. The highest BCUT2D eigenvalue weighted by Gasteiger charge is 2.33. The lowest BCUT2D eigenvalue weighted by molar-refractivity contribution is -0.132. The van der Waals surface area contributed by atoms with Gasteiger partial charge in [0.05, 0.1) is 11.2 Å². The van der Waals surface area contributed by atoms with E-state index in [1.165, 1.54) is 0 Å². The zero-order valence-corrected chi connectivity index (χ0v) is 32.0. The summed E-state index contributed by atoms with van der Waals surface area (Å²) in [7, 11) is 0. The second-order valence-electron chi connectivity index (χ2n) is 18.1. The van der Waals surface area contributed by atoms with Crippen molar-refractivity contribution in [3.05, 3.63) is 0 Å². The van der Waals surface area contributed by atoms with Gasteiger partial charge in [0, 0.05) is 42.7 Å². The standard InChI is InChI=1S/C36H71N3O6/c1-30(2,3)19-20-32(7,8)28(41)38-33(9,10)22-25-44-36(15,16)21-24-37-27(40)17-18-35(13,14)43-26-23-34(11,12)39-29(42)45-31(4,5)6/h17-26H2,1-16H3,(H,37,40)(H,38,41)(H,39,42). The van der Waals surface area contributed by atoms with E-state index < -0.39 is 33.9 Å². The molecule has 0 aromatic rings. The number of carbonyl (C=O) groups is 3. The zero-order chi connectivity index (χ0) is 35.5. The summed E-state index contributed by atoms with van der Waals surface area (Å²) in [6.07, 6.45) is 4.28. The molecule has 0 aliphatic heterocycles. The van der Waals surface area contributed by atoms with Gasteiger partial charge in [-0.25, -0.2) is 4.79 Å². The second kappa shape index (κ2) is 16.8. The Morgan fingerprint density at radius 2 is 1.02 bits per heavy atom. The summed E-state index contributed by atoms with van der Waals surface area (Å²) in [5.74, 6) is 0.0543. The van der Waals surface area contributed by atoms with E-state index in [0.717, 1.165) is 12.8 Å². The number of ether oxygens (including phenoxy) is 3. The third-order valence-corrected chi connectivity index (χ3v) is 7.85. The molecule has 0 radical (unpaired) electrons. The zero-order valence-electron chi connectivity index (χ0n) is 32.0. The van der Waals surface area contributed by atoms with E-state index in [-0.39, 0.29) is 22.8 Å². The first-order valence-corrected chi connectivity index (χ1v) is 16.8. The number of alkyl carbamates (subject to hydrolysis) is 1. The fourth-order valence-electron chi connectivity index (χ4n) is 4.30. The number of carbonyl (C=O) groups excluding carboxylic acids is 3. The Labute approximate surface area is 276 Å². The van der Waals surface area contributed by atoms with Crippen LogP contribution in [-0.4, -0.2) is 65.5 Å². The smallest absolute Gasteiger partial charge is 0.408 e. The van der Waals surface area contributed by atoms with Gasteiger partial charge in [-0.3, -0.25) is 9.59 Å². The van der Waals surface area contributed by atoms with Crippen LogP contribution in [0.25, 0.3) is 0 Å². The van der Waals surface area contributed by atoms with Crippen LogP contribution in [0.3, 0.4) is 0 Å². The molecule has 0 aliphatic rings. The molecular formula is C36H71N3O6. The number of amides is 3. The average molecular weight is 642 g/mol. The van der Waals surface area contributed by atoms with Crippen LogP contribution in [0.15, 0.2) is 0 Å². The van der Waals surface area contributed by atoms with E-state index >= 15 is 0 Å². The van der Waals surface area contributed by atoms with E-state index in [2.05, 4.69) is 36.7 Å². The lowest BCUT2D eigenvalue weighted by Gasteiger charge is -2.34. The Balaban J connectivity index is 4.46. The van der Waals surface area contributed by atoms with Crippen LogP contribution in [0.4, 0.5) is 4.79 Å². The summed E-state index contributed by atoms with van der Waals surface area (Å²) in [5.41, 5.74) is -2.56. The van der Waals surface area contributed by atoms with Crippen LogP contribution in [0, 0.1) is 10.8 Å². The highest BCUT2D eigenvalue weighted by molar-refractivity contribution is 5.82. The van der Waals surface area contributed by atoms with Gasteiger partial charge in [0.25, 0.3) is 0 Å². The molecule has 0 aromatic heterocycles. The molecule has 0 atom stereocenters. The monoisotopic (exact) mass is 642 g/mol. The van der Waals surface area contributed by atoms with Gasteiger partial charge in [-0.15, -0.1) is 0 Å². The quantitative estimate of drug-likeness (QED) is 0.133. The summed E-state index contributed by atoms with van der Waals surface area (Å²) in [5, 5.41) is 9.13. The molecule has 0 unspecified atom stereocenters. The second-order valence-corrected chi connectivity index (χ2v) is 18.1. The molecule has 9 heteroatoms. The summed E-state index contributed by atoms with van der Waals surface area (Å²) in [6, 6.07) is 0. The Kier molecular flexibility index (Phi) is 16.1. The minimum atomic E-state index is -0.553. The molecule has 0 rings (SSSR count). The molecule has 3 amide bonds. The molecule has 0 saturated heterocycles. The van der Waals surface area contributed by atoms with Gasteiger partial charge in [0.15, 0.2) is 0 Å². The summed E-state index contributed by atoms with van der Waals surface area (Å²) < 4.78 is 17.6. The van der Waals surface area contributed by atoms with Crippen molar-refractivity contribution in [2.75, 3.05) is 19.8 Å². The molecule has 266 valence electrons. The molecule has 0 spiro atoms. The van der Waals surface area contributed by atoms with Gasteiger partial charge in [-0.1, -0.05) is 34.6 Å². The number of rotatable bonds is 19. The maximum absolute atomic E-state index is 13.0. The minimum absolute atomic E-state index is 0.0210. The maximum atomic E-state index is 13.0. The van der Waals surface area contributed by atoms with Gasteiger partial charge in [-0.05, 0) is 120 Å². The summed E-state index contributed by atoms with van der Waals surface area (Å²) in [6.45, 7) is 33.5. The third kappa shape index (κ3) is 22.3. The lowest BCUT2D eigenvalue weighted by Crippen LogP contribution is -2.50. The molecule has 0 saturated carbocycles. The van der Waals surface area contributed by atoms with Crippen LogP contribution in [0.1, 0.15) is 156 Å². The van der Waals surface area contributed by atoms with Crippen molar-refractivity contribution < 1.29 is 28.6 Å². The Bertz CT molecular complexity index is 939. The van der Waals surface area contributed by atoms with Crippen molar-refractivity contribution in [2.45, 2.75) is 184 Å². The van der Waals surface area contributed by atoms with Crippen molar-refractivity contribution in [1.29, 1.82) is 0 Å². The number of nitrogens with one attached hydrogen (secondary N) is 3. The van der Waals surface area contributed by atoms with Crippen molar-refractivity contribution in [3.63, 3.8) is 0 Å². The molecule has 0 heterocycles. The molecule has 0 fully saturated rings. The van der Waals surface area contributed by atoms with E-state index in [4.69, 9.17) is 14.2 Å². The first kappa shape index (κ1) is 43.1. The summed E-state index contributed by atoms with van der Waals surface area (Å²) in [4.78, 5) is 37.7. The van der Waals surface area contributed by atoms with Crippen LogP contribution >= 0.6 is 0 Å². The molecule has 45 heavy (non-hydrogen) atoms. The predicted molar refractivity (Wildman–Crippen MR) is 184 cm³/mol. The predicted octanol–water partition coefficient (Wildman–Crippen LogP) is 7.69. The van der Waals surface area contributed by atoms with E-state index in [0.29, 0.717) is 51.9 Å². The van der Waals surface area contributed by atoms with Gasteiger partial charge < -0.3 is 30.2 Å². The van der Waals surface area contributed by atoms with Crippen molar-refractivity contribution in [3.8, 4) is 0 Å². The first-order valence-electron chi connectivity index (χ1n) is 16.8. The van der Waals surface area contributed by atoms with Crippen LogP contribution in [0.5, 0.6) is 0 Å². The van der Waals surface area contributed by atoms with Gasteiger partial charge in [0.2, 0.25) is 11.8 Å². The van der Waals surface area contributed by atoms with Crippen molar-refractivity contribution >= 4 is 17.9 Å². The van der Waals surface area contributed by atoms with Gasteiger partial charge in [-0.2, -0.15) is 0 Å². The number of hydrogen-bond acceptors (Lipinski definition) is 6. The van der Waals surface area contributed by atoms with Gasteiger partial charge in [0.1, 0.15) is 5.60 Å². The lowest BCUT2D eigenvalue weighted by atomic mass is 9.79. The molecule has 3 N–H and O–H groups in total. The Morgan fingerprint density at radius 1 is 0.556 bits per heavy atom. The van der Waals surface area contributed by atoms with Crippen LogP contribution in [-0.2, 0) is 23.8 Å². The van der Waals surface area contributed by atoms with Crippen molar-refractivity contribution in [1.82, 2.24) is 16.0 Å². The maximum Gasteiger partial charge on any atom is 0.408 e. The molecule has 0 aromatic carbocycles. The van der Waals surface area contributed by atoms with E-state index in [1.807, 2.05) is 90.0 Å². The fourth-order valence-corrected chi connectivity index (χ4v) is 4.30. The number of hydrogen-bond donors (Lipinski definition) is 3. The topological polar surface area (TPSA) is 115 Å². The Morgan fingerprint density at radius 3 is 1.49 bits per heavy atom.